The van der Waals surface area contributed by atoms with Crippen LogP contribution in [0.15, 0.2) is 309 Å². The molecule has 0 aliphatic carbocycles. The Labute approximate surface area is 615 Å². The number of ether oxygens (including phenoxy) is 12. The standard InChI is InChI=1S/C89H78O17/c90-82(61-104-86(91)73-46-76(95-52-64-28-10-1-11-29-64)83(101-58-70-40-22-7-23-41-70)77(47-73)96-53-65-30-12-2-13-31-65)89(94,62-105-87(92)74-48-78(97-54-66-32-14-3-15-33-66)84(102-59-71-42-24-8-25-43-71)79(49-74)98-55-67-34-16-4-17-35-67)63-106-88(93)75-50-80(99-56-68-36-18-5-19-37-68)85(103-60-72-44-26-9-27-45-72)81(51-75)100-57-69-38-20-6-21-39-69/h1-51,82,90,94H,52-63H2. The second-order valence-electron chi connectivity index (χ2n) is 24.7. The maximum atomic E-state index is 14.9. The zero-order valence-corrected chi connectivity index (χ0v) is 58.0. The monoisotopic (exact) mass is 1420 g/mol. The van der Waals surface area contributed by atoms with Crippen molar-refractivity contribution in [3.8, 4) is 51.7 Å². The topological polar surface area (TPSA) is 202 Å². The fraction of sp³-hybridized carbons (Fsp3) is 0.157. The van der Waals surface area contributed by atoms with Crippen LogP contribution in [0, 0.1) is 0 Å². The van der Waals surface area contributed by atoms with Crippen LogP contribution >= 0.6 is 0 Å². The lowest BCUT2D eigenvalue weighted by molar-refractivity contribution is -0.147. The molecule has 1 atom stereocenters. The largest absolute Gasteiger partial charge is 0.485 e. The van der Waals surface area contributed by atoms with Gasteiger partial charge < -0.3 is 67.1 Å². The molecule has 0 heterocycles. The molecule has 12 aromatic carbocycles. The molecule has 2 N–H and O–H groups in total. The minimum absolute atomic E-state index is 0.0517. The minimum Gasteiger partial charge on any atom is -0.485 e. The molecule has 1 unspecified atom stereocenters. The summed E-state index contributed by atoms with van der Waals surface area (Å²) in [6, 6.07) is 93.4. The van der Waals surface area contributed by atoms with Gasteiger partial charge in [-0.05, 0) is 86.5 Å². The predicted octanol–water partition coefficient (Wildman–Crippen LogP) is 16.9. The van der Waals surface area contributed by atoms with E-state index in [0.717, 1.165) is 50.1 Å². The van der Waals surface area contributed by atoms with Gasteiger partial charge in [0.15, 0.2) is 40.1 Å². The Hall–Kier alpha value is -12.8. The summed E-state index contributed by atoms with van der Waals surface area (Å²) >= 11 is 0. The van der Waals surface area contributed by atoms with Gasteiger partial charge in [-0.15, -0.1) is 0 Å². The van der Waals surface area contributed by atoms with Crippen molar-refractivity contribution in [3.05, 3.63) is 376 Å². The number of carbonyl (C=O) groups is 3. The van der Waals surface area contributed by atoms with Crippen LogP contribution in [0.4, 0.5) is 0 Å². The van der Waals surface area contributed by atoms with Gasteiger partial charge in [0.25, 0.3) is 0 Å². The molecule has 0 bridgehead atoms. The molecule has 17 heteroatoms. The molecular formula is C89H78O17. The van der Waals surface area contributed by atoms with E-state index in [9.17, 15) is 24.6 Å². The summed E-state index contributed by atoms with van der Waals surface area (Å²) < 4.78 is 76.2. The number of benzene rings is 12. The van der Waals surface area contributed by atoms with Crippen molar-refractivity contribution in [3.63, 3.8) is 0 Å². The third-order valence-corrected chi connectivity index (χ3v) is 16.8. The third-order valence-electron chi connectivity index (χ3n) is 16.8. The van der Waals surface area contributed by atoms with Crippen LogP contribution in [0.1, 0.15) is 81.1 Å². The molecule has 12 rings (SSSR count). The van der Waals surface area contributed by atoms with E-state index in [1.165, 1.54) is 36.4 Å². The Morgan fingerprint density at radius 3 is 0.613 bits per heavy atom. The van der Waals surface area contributed by atoms with Gasteiger partial charge in [-0.1, -0.05) is 273 Å². The maximum absolute atomic E-state index is 14.9. The fourth-order valence-corrected chi connectivity index (χ4v) is 10.9. The molecule has 0 amide bonds. The van der Waals surface area contributed by atoms with Crippen LogP contribution in [-0.2, 0) is 73.7 Å². The molecule has 106 heavy (non-hydrogen) atoms. The summed E-state index contributed by atoms with van der Waals surface area (Å²) in [4.78, 5) is 44.6. The van der Waals surface area contributed by atoms with Crippen molar-refractivity contribution in [1.29, 1.82) is 0 Å². The van der Waals surface area contributed by atoms with Crippen LogP contribution in [0.25, 0.3) is 0 Å². The van der Waals surface area contributed by atoms with Crippen LogP contribution in [0.3, 0.4) is 0 Å². The van der Waals surface area contributed by atoms with Gasteiger partial charge in [-0.25, -0.2) is 14.4 Å². The van der Waals surface area contributed by atoms with Gasteiger partial charge in [0.1, 0.15) is 85.4 Å². The smallest absolute Gasteiger partial charge is 0.338 e. The number of rotatable bonds is 37. The average Bonchev–Trinajstić information content (AvgIpc) is 0.815. The number of esters is 3. The van der Waals surface area contributed by atoms with Crippen molar-refractivity contribution < 1.29 is 81.4 Å². The first-order valence-corrected chi connectivity index (χ1v) is 34.5. The number of aliphatic hydroxyl groups is 2. The fourth-order valence-electron chi connectivity index (χ4n) is 10.9. The third kappa shape index (κ3) is 21.2. The normalized spacial score (nSPS) is 11.3. The second-order valence-corrected chi connectivity index (χ2v) is 24.7. The summed E-state index contributed by atoms with van der Waals surface area (Å²) in [7, 11) is 0. The van der Waals surface area contributed by atoms with Crippen molar-refractivity contribution in [1.82, 2.24) is 0 Å². The highest BCUT2D eigenvalue weighted by molar-refractivity contribution is 5.93. The van der Waals surface area contributed by atoms with Crippen LogP contribution in [0.2, 0.25) is 0 Å². The van der Waals surface area contributed by atoms with Crippen LogP contribution in [-0.4, -0.2) is 59.6 Å². The lowest BCUT2D eigenvalue weighted by Gasteiger charge is -2.31. The van der Waals surface area contributed by atoms with Gasteiger partial charge in [0.05, 0.1) is 16.7 Å². The van der Waals surface area contributed by atoms with E-state index in [1.807, 2.05) is 273 Å². The molecule has 12 aromatic rings. The summed E-state index contributed by atoms with van der Waals surface area (Å²) in [5, 5.41) is 25.5. The Morgan fingerprint density at radius 1 is 0.255 bits per heavy atom. The molecule has 0 aromatic heterocycles. The molecule has 0 spiro atoms. The first kappa shape index (κ1) is 72.9. The van der Waals surface area contributed by atoms with E-state index in [2.05, 4.69) is 0 Å². The predicted molar refractivity (Wildman–Crippen MR) is 398 cm³/mol. The molecule has 536 valence electrons. The van der Waals surface area contributed by atoms with Crippen LogP contribution in [0.5, 0.6) is 51.7 Å². The van der Waals surface area contributed by atoms with Gasteiger partial charge in [0.2, 0.25) is 17.2 Å². The van der Waals surface area contributed by atoms with Crippen molar-refractivity contribution in [2.24, 2.45) is 0 Å². The molecule has 0 aliphatic rings. The molecule has 0 saturated heterocycles. The highest BCUT2D eigenvalue weighted by Gasteiger charge is 2.41. The zero-order chi connectivity index (χ0) is 73.0. The Balaban J connectivity index is 0.876. The molecule has 17 nitrogen and oxygen atoms in total. The average molecular weight is 1420 g/mol. The Bertz CT molecular complexity index is 4340. The lowest BCUT2D eigenvalue weighted by atomic mass is 9.99. The molecule has 0 saturated carbocycles. The molecule has 0 fully saturated rings. The zero-order valence-electron chi connectivity index (χ0n) is 58.0. The quantitative estimate of drug-likeness (QED) is 0.0275. The molecule has 0 aliphatic heterocycles. The van der Waals surface area contributed by atoms with E-state index >= 15 is 0 Å². The highest BCUT2D eigenvalue weighted by atomic mass is 16.6. The van der Waals surface area contributed by atoms with E-state index in [1.54, 1.807) is 0 Å². The summed E-state index contributed by atoms with van der Waals surface area (Å²) in [5.41, 5.74) is 4.32. The second kappa shape index (κ2) is 37.4. The number of carbonyl (C=O) groups excluding carboxylic acids is 3. The molecular weight excluding hydrogens is 1340 g/mol. The summed E-state index contributed by atoms with van der Waals surface area (Å²) in [6.45, 7) is -2.44. The van der Waals surface area contributed by atoms with Gasteiger partial charge in [0, 0.05) is 0 Å². The van der Waals surface area contributed by atoms with Crippen molar-refractivity contribution in [2.75, 3.05) is 19.8 Å². The van der Waals surface area contributed by atoms with E-state index in [4.69, 9.17) is 56.8 Å². The van der Waals surface area contributed by atoms with Crippen LogP contribution < -0.4 is 42.6 Å². The summed E-state index contributed by atoms with van der Waals surface area (Å²) in [6.07, 6.45) is -2.15. The summed E-state index contributed by atoms with van der Waals surface area (Å²) in [5.74, 6) is -1.80. The Kier molecular flexibility index (Phi) is 25.7. The first-order chi connectivity index (χ1) is 52.0. The Morgan fingerprint density at radius 2 is 0.425 bits per heavy atom. The number of hydrogen-bond acceptors (Lipinski definition) is 17. The number of hydrogen-bond donors (Lipinski definition) is 2. The lowest BCUT2D eigenvalue weighted by Crippen LogP contribution is -2.53. The van der Waals surface area contributed by atoms with Crippen molar-refractivity contribution >= 4 is 17.9 Å². The van der Waals surface area contributed by atoms with Gasteiger partial charge in [-0.3, -0.25) is 0 Å². The minimum atomic E-state index is -2.75. The van der Waals surface area contributed by atoms with E-state index < -0.39 is 49.4 Å². The van der Waals surface area contributed by atoms with E-state index in [0.29, 0.717) is 0 Å². The van der Waals surface area contributed by atoms with Gasteiger partial charge >= 0.3 is 17.9 Å². The molecule has 0 radical (unpaired) electrons. The number of aliphatic hydroxyl groups excluding tert-OH is 1. The highest BCUT2D eigenvalue weighted by Crippen LogP contribution is 2.44. The maximum Gasteiger partial charge on any atom is 0.338 e. The van der Waals surface area contributed by atoms with Gasteiger partial charge in [-0.2, -0.15) is 0 Å². The first-order valence-electron chi connectivity index (χ1n) is 34.5. The van der Waals surface area contributed by atoms with E-state index in [-0.39, 0.29) is 128 Å². The SMILES string of the molecule is O=C(OCC(O)C(O)(COC(=O)c1cc(OCc2ccccc2)c(OCc2ccccc2)c(OCc2ccccc2)c1)COC(=O)c1cc(OCc2ccccc2)c(OCc2ccccc2)c(OCc2ccccc2)c1)c1cc(OCc2ccccc2)c(OCc2ccccc2)c(OCc2ccccc2)c1. The van der Waals surface area contributed by atoms with Crippen molar-refractivity contribution in [2.45, 2.75) is 71.2 Å².